The Morgan fingerprint density at radius 1 is 1.55 bits per heavy atom. The zero-order valence-electron chi connectivity index (χ0n) is 6.80. The SMILES string of the molecule is CC(=O)C(N)CCCC[C]=O. The normalized spacial score (nSPS) is 12.5. The number of carbonyl (C=O) groups is 1. The zero-order valence-corrected chi connectivity index (χ0v) is 6.80. The van der Waals surface area contributed by atoms with Crippen molar-refractivity contribution in [1.82, 2.24) is 0 Å². The average molecular weight is 156 g/mol. The maximum atomic E-state index is 10.6. The Hall–Kier alpha value is -0.700. The van der Waals surface area contributed by atoms with Crippen LogP contribution in [0.25, 0.3) is 0 Å². The van der Waals surface area contributed by atoms with E-state index < -0.39 is 0 Å². The summed E-state index contributed by atoms with van der Waals surface area (Å²) < 4.78 is 0. The van der Waals surface area contributed by atoms with Gasteiger partial charge in [0, 0.05) is 6.42 Å². The number of nitrogens with two attached hydrogens (primary N) is 1. The predicted molar refractivity (Wildman–Crippen MR) is 42.8 cm³/mol. The number of hydrogen-bond acceptors (Lipinski definition) is 3. The lowest BCUT2D eigenvalue weighted by atomic mass is 10.1. The molecule has 3 nitrogen and oxygen atoms in total. The Kier molecular flexibility index (Phi) is 5.65. The van der Waals surface area contributed by atoms with Gasteiger partial charge in [-0.2, -0.15) is 0 Å². The van der Waals surface area contributed by atoms with E-state index in [-0.39, 0.29) is 11.8 Å². The predicted octanol–water partition coefficient (Wildman–Crippen LogP) is 0.573. The van der Waals surface area contributed by atoms with Crippen LogP contribution in [0.2, 0.25) is 0 Å². The molecule has 0 spiro atoms. The molecule has 0 amide bonds. The van der Waals surface area contributed by atoms with Crippen molar-refractivity contribution in [2.75, 3.05) is 0 Å². The van der Waals surface area contributed by atoms with E-state index in [0.717, 1.165) is 12.8 Å². The minimum atomic E-state index is -0.346. The van der Waals surface area contributed by atoms with Gasteiger partial charge in [-0.15, -0.1) is 0 Å². The first-order chi connectivity index (χ1) is 5.18. The Balaban J connectivity index is 3.24. The zero-order chi connectivity index (χ0) is 8.69. The number of ketones is 1. The second kappa shape index (κ2) is 6.04. The van der Waals surface area contributed by atoms with Gasteiger partial charge in [0.1, 0.15) is 5.78 Å². The van der Waals surface area contributed by atoms with Gasteiger partial charge in [-0.05, 0) is 19.8 Å². The van der Waals surface area contributed by atoms with E-state index in [4.69, 9.17) is 5.73 Å². The molecule has 0 aromatic carbocycles. The summed E-state index contributed by atoms with van der Waals surface area (Å²) in [6.07, 6.45) is 4.53. The third-order valence-electron chi connectivity index (χ3n) is 1.57. The van der Waals surface area contributed by atoms with Crippen molar-refractivity contribution < 1.29 is 9.59 Å². The Bertz CT molecular complexity index is 134. The molecule has 0 aromatic heterocycles. The fourth-order valence-corrected chi connectivity index (χ4v) is 0.765. The molecule has 0 aromatic rings. The van der Waals surface area contributed by atoms with Crippen molar-refractivity contribution in [3.63, 3.8) is 0 Å². The van der Waals surface area contributed by atoms with Gasteiger partial charge in [-0.3, -0.25) is 9.59 Å². The highest BCUT2D eigenvalue weighted by Crippen LogP contribution is 2.01. The van der Waals surface area contributed by atoms with E-state index in [0.29, 0.717) is 12.8 Å². The molecule has 1 unspecified atom stereocenters. The fourth-order valence-electron chi connectivity index (χ4n) is 0.765. The molecule has 3 heteroatoms. The van der Waals surface area contributed by atoms with E-state index in [1.807, 2.05) is 0 Å². The number of unbranched alkanes of at least 4 members (excludes halogenated alkanes) is 2. The minimum Gasteiger partial charge on any atom is -0.322 e. The molecule has 1 atom stereocenters. The van der Waals surface area contributed by atoms with Crippen molar-refractivity contribution in [3.8, 4) is 0 Å². The number of carbonyl (C=O) groups excluding carboxylic acids is 2. The Morgan fingerprint density at radius 3 is 2.64 bits per heavy atom. The highest BCUT2D eigenvalue weighted by atomic mass is 16.1. The molecular formula is C8H14NO2. The molecule has 1 radical (unpaired) electrons. The largest absolute Gasteiger partial charge is 0.322 e. The summed E-state index contributed by atoms with van der Waals surface area (Å²) in [5.41, 5.74) is 5.45. The number of Topliss-reactive ketones (excluding diaryl/α,β-unsaturated/α-hetero) is 1. The molecule has 2 N–H and O–H groups in total. The molecule has 0 aliphatic rings. The van der Waals surface area contributed by atoms with Crippen molar-refractivity contribution in [2.24, 2.45) is 5.73 Å². The van der Waals surface area contributed by atoms with Gasteiger partial charge in [-0.1, -0.05) is 6.42 Å². The van der Waals surface area contributed by atoms with Crippen LogP contribution in [-0.4, -0.2) is 18.1 Å². The summed E-state index contributed by atoms with van der Waals surface area (Å²) in [5.74, 6) is 0.0140. The van der Waals surface area contributed by atoms with Gasteiger partial charge in [-0.25, -0.2) is 0 Å². The highest BCUT2D eigenvalue weighted by molar-refractivity contribution is 5.81. The smallest absolute Gasteiger partial charge is 0.198 e. The Labute approximate surface area is 67.0 Å². The highest BCUT2D eigenvalue weighted by Gasteiger charge is 2.06. The van der Waals surface area contributed by atoms with Crippen LogP contribution < -0.4 is 5.73 Å². The number of hydrogen-bond donors (Lipinski definition) is 1. The lowest BCUT2D eigenvalue weighted by Crippen LogP contribution is -2.27. The maximum absolute atomic E-state index is 10.6. The summed E-state index contributed by atoms with van der Waals surface area (Å²) in [7, 11) is 0. The third-order valence-corrected chi connectivity index (χ3v) is 1.57. The van der Waals surface area contributed by atoms with E-state index in [1.54, 1.807) is 6.29 Å². The summed E-state index contributed by atoms with van der Waals surface area (Å²) in [4.78, 5) is 20.4. The van der Waals surface area contributed by atoms with E-state index in [2.05, 4.69) is 0 Å². The molecule has 11 heavy (non-hydrogen) atoms. The van der Waals surface area contributed by atoms with Crippen LogP contribution in [0.15, 0.2) is 0 Å². The average Bonchev–Trinajstić information content (AvgIpc) is 1.97. The summed E-state index contributed by atoms with van der Waals surface area (Å²) in [5, 5.41) is 0. The van der Waals surface area contributed by atoms with Crippen LogP contribution in [0.3, 0.4) is 0 Å². The fraction of sp³-hybridized carbons (Fsp3) is 0.750. The molecule has 0 aliphatic heterocycles. The lowest BCUT2D eigenvalue weighted by molar-refractivity contribution is -0.118. The van der Waals surface area contributed by atoms with E-state index in [9.17, 15) is 9.59 Å². The topological polar surface area (TPSA) is 60.2 Å². The van der Waals surface area contributed by atoms with Crippen molar-refractivity contribution in [1.29, 1.82) is 0 Å². The first-order valence-electron chi connectivity index (χ1n) is 3.79. The molecule has 0 saturated carbocycles. The van der Waals surface area contributed by atoms with Crippen molar-refractivity contribution in [3.05, 3.63) is 0 Å². The Morgan fingerprint density at radius 2 is 2.18 bits per heavy atom. The van der Waals surface area contributed by atoms with Crippen LogP contribution in [0.1, 0.15) is 32.6 Å². The quantitative estimate of drug-likeness (QED) is 0.572. The molecule has 63 valence electrons. The van der Waals surface area contributed by atoms with Crippen molar-refractivity contribution >= 4 is 12.1 Å². The second-order valence-corrected chi connectivity index (χ2v) is 2.61. The van der Waals surface area contributed by atoms with Gasteiger partial charge in [0.15, 0.2) is 6.29 Å². The van der Waals surface area contributed by atoms with Crippen LogP contribution >= 0.6 is 0 Å². The van der Waals surface area contributed by atoms with Gasteiger partial charge in [0.2, 0.25) is 0 Å². The monoisotopic (exact) mass is 156 g/mol. The maximum Gasteiger partial charge on any atom is 0.198 e. The molecule has 0 aliphatic carbocycles. The third kappa shape index (κ3) is 5.73. The van der Waals surface area contributed by atoms with Crippen LogP contribution in [0.4, 0.5) is 0 Å². The van der Waals surface area contributed by atoms with Gasteiger partial charge < -0.3 is 5.73 Å². The van der Waals surface area contributed by atoms with E-state index in [1.165, 1.54) is 6.92 Å². The molecule has 0 saturated heterocycles. The molecule has 0 bridgehead atoms. The molecule has 0 rings (SSSR count). The van der Waals surface area contributed by atoms with Gasteiger partial charge >= 0.3 is 0 Å². The summed E-state index contributed by atoms with van der Waals surface area (Å²) in [6.45, 7) is 1.48. The van der Waals surface area contributed by atoms with Gasteiger partial charge in [0.25, 0.3) is 0 Å². The summed E-state index contributed by atoms with van der Waals surface area (Å²) >= 11 is 0. The van der Waals surface area contributed by atoms with Crippen molar-refractivity contribution in [2.45, 2.75) is 38.6 Å². The van der Waals surface area contributed by atoms with Crippen LogP contribution in [-0.2, 0) is 9.59 Å². The first kappa shape index (κ1) is 10.3. The summed E-state index contributed by atoms with van der Waals surface area (Å²) in [6, 6.07) is -0.346. The second-order valence-electron chi connectivity index (χ2n) is 2.61. The van der Waals surface area contributed by atoms with E-state index >= 15 is 0 Å². The van der Waals surface area contributed by atoms with Crippen LogP contribution in [0, 0.1) is 0 Å². The van der Waals surface area contributed by atoms with Crippen LogP contribution in [0.5, 0.6) is 0 Å². The first-order valence-corrected chi connectivity index (χ1v) is 3.79. The molecule has 0 heterocycles. The van der Waals surface area contributed by atoms with Gasteiger partial charge in [0.05, 0.1) is 6.04 Å². The minimum absolute atomic E-state index is 0.0140. The standard InChI is InChI=1S/C8H14NO2/c1-7(11)8(9)5-3-2-4-6-10/h8H,2-5,9H2,1H3. The lowest BCUT2D eigenvalue weighted by Gasteiger charge is -2.04. The molecular weight excluding hydrogens is 142 g/mol. The number of rotatable bonds is 6. The molecule has 0 fully saturated rings.